The summed E-state index contributed by atoms with van der Waals surface area (Å²) in [5.41, 5.74) is -4.65. The van der Waals surface area contributed by atoms with Crippen molar-refractivity contribution >= 4 is 11.9 Å². The molecular weight excluding hydrogens is 468 g/mol. The first-order chi connectivity index (χ1) is 15.3. The summed E-state index contributed by atoms with van der Waals surface area (Å²) in [5, 5.41) is 0. The molecule has 33 heavy (non-hydrogen) atoms. The van der Waals surface area contributed by atoms with Crippen molar-refractivity contribution in [3.63, 3.8) is 0 Å². The summed E-state index contributed by atoms with van der Waals surface area (Å²) in [6, 6.07) is 3.04. The molecule has 2 aromatic carbocycles. The van der Waals surface area contributed by atoms with Crippen molar-refractivity contribution in [3.8, 4) is 0 Å². The zero-order valence-corrected chi connectivity index (χ0v) is 16.7. The highest BCUT2D eigenvalue weighted by Gasteiger charge is 2.37. The van der Waals surface area contributed by atoms with Crippen LogP contribution in [-0.4, -0.2) is 25.2 Å². The van der Waals surface area contributed by atoms with Gasteiger partial charge in [0.15, 0.2) is 0 Å². The summed E-state index contributed by atoms with van der Waals surface area (Å²) in [5.74, 6) is -4.94. The molecule has 0 aliphatic heterocycles. The summed E-state index contributed by atoms with van der Waals surface area (Å²) in [4.78, 5) is 23.7. The molecule has 0 radical (unpaired) electrons. The lowest BCUT2D eigenvalue weighted by atomic mass is 10.1. The fraction of sp³-hybridized carbons (Fsp3) is 0.333. The van der Waals surface area contributed by atoms with Crippen molar-refractivity contribution in [3.05, 3.63) is 70.3 Å². The van der Waals surface area contributed by atoms with Crippen molar-refractivity contribution < 1.29 is 54.2 Å². The van der Waals surface area contributed by atoms with Crippen molar-refractivity contribution in [1.82, 2.24) is 0 Å². The largest absolute Gasteiger partial charge is 0.462 e. The highest BCUT2D eigenvalue weighted by molar-refractivity contribution is 5.91. The molecule has 4 nitrogen and oxygen atoms in total. The van der Waals surface area contributed by atoms with Gasteiger partial charge in [-0.3, -0.25) is 0 Å². The van der Waals surface area contributed by atoms with Crippen LogP contribution in [0.1, 0.15) is 51.1 Å². The van der Waals surface area contributed by atoms with Crippen molar-refractivity contribution in [2.75, 3.05) is 13.2 Å². The van der Waals surface area contributed by atoms with Gasteiger partial charge in [-0.15, -0.1) is 0 Å². The standard InChI is InChI=1S/C21H16F8O4/c22-12-4-6-14(16(10-12)20(24,25)26)18(30)32-8-2-1-3-9-33-19(31)15-7-5-13(23)11-17(15)21(27,28)29/h4-7,10-11H,1-3,8-9H2. The fourth-order valence-corrected chi connectivity index (χ4v) is 2.72. The minimum atomic E-state index is -4.96. The molecule has 2 rings (SSSR count). The van der Waals surface area contributed by atoms with E-state index in [1.807, 2.05) is 0 Å². The number of halogens is 8. The Bertz CT molecular complexity index is 919. The monoisotopic (exact) mass is 484 g/mol. The lowest BCUT2D eigenvalue weighted by Crippen LogP contribution is -2.16. The zero-order valence-electron chi connectivity index (χ0n) is 16.7. The Labute approximate surface area is 182 Å². The van der Waals surface area contributed by atoms with Crippen LogP contribution in [0.3, 0.4) is 0 Å². The molecule has 0 aromatic heterocycles. The van der Waals surface area contributed by atoms with Crippen LogP contribution in [0, 0.1) is 11.6 Å². The Kier molecular flexibility index (Phi) is 8.39. The van der Waals surface area contributed by atoms with E-state index in [1.165, 1.54) is 0 Å². The normalized spacial score (nSPS) is 11.9. The average molecular weight is 484 g/mol. The van der Waals surface area contributed by atoms with Crippen LogP contribution in [0.15, 0.2) is 36.4 Å². The van der Waals surface area contributed by atoms with Crippen molar-refractivity contribution in [1.29, 1.82) is 0 Å². The average Bonchev–Trinajstić information content (AvgIpc) is 2.71. The maximum Gasteiger partial charge on any atom is 0.417 e. The van der Waals surface area contributed by atoms with Crippen molar-refractivity contribution in [2.45, 2.75) is 31.6 Å². The molecule has 12 heteroatoms. The van der Waals surface area contributed by atoms with Gasteiger partial charge in [-0.25, -0.2) is 18.4 Å². The van der Waals surface area contributed by atoms with E-state index in [4.69, 9.17) is 9.47 Å². The van der Waals surface area contributed by atoms with Gasteiger partial charge in [0.05, 0.1) is 35.5 Å². The second kappa shape index (κ2) is 10.6. The Balaban J connectivity index is 1.78. The van der Waals surface area contributed by atoms with E-state index in [1.54, 1.807) is 0 Å². The van der Waals surface area contributed by atoms with E-state index >= 15 is 0 Å². The third-order valence-electron chi connectivity index (χ3n) is 4.27. The second-order valence-electron chi connectivity index (χ2n) is 6.71. The van der Waals surface area contributed by atoms with Gasteiger partial charge in [0.1, 0.15) is 11.6 Å². The molecule has 180 valence electrons. The topological polar surface area (TPSA) is 52.6 Å². The van der Waals surface area contributed by atoms with E-state index < -0.39 is 58.2 Å². The number of ether oxygens (including phenoxy) is 2. The van der Waals surface area contributed by atoms with Crippen LogP contribution in [0.25, 0.3) is 0 Å². The molecule has 0 spiro atoms. The zero-order chi connectivity index (χ0) is 24.8. The Morgan fingerprint density at radius 3 is 1.33 bits per heavy atom. The Morgan fingerprint density at radius 1 is 0.636 bits per heavy atom. The predicted octanol–water partition coefficient (Wildman–Crippen LogP) is 6.19. The predicted molar refractivity (Wildman–Crippen MR) is 97.2 cm³/mol. The first-order valence-corrected chi connectivity index (χ1v) is 9.38. The van der Waals surface area contributed by atoms with Gasteiger partial charge < -0.3 is 9.47 Å². The smallest absolute Gasteiger partial charge is 0.417 e. The molecule has 0 aliphatic carbocycles. The first-order valence-electron chi connectivity index (χ1n) is 9.38. The summed E-state index contributed by atoms with van der Waals surface area (Å²) in [6.45, 7) is -0.588. The number of carbonyl (C=O) groups excluding carboxylic acids is 2. The van der Waals surface area contributed by atoms with Crippen LogP contribution >= 0.6 is 0 Å². The van der Waals surface area contributed by atoms with Gasteiger partial charge in [-0.2, -0.15) is 26.3 Å². The summed E-state index contributed by atoms with van der Waals surface area (Å²) < 4.78 is 113. The quantitative estimate of drug-likeness (QED) is 0.255. The van der Waals surface area contributed by atoms with Gasteiger partial charge in [0.2, 0.25) is 0 Å². The maximum atomic E-state index is 13.1. The van der Waals surface area contributed by atoms with E-state index in [-0.39, 0.29) is 44.6 Å². The molecule has 0 N–H and O–H groups in total. The highest BCUT2D eigenvalue weighted by atomic mass is 19.4. The molecule has 0 fully saturated rings. The second-order valence-corrected chi connectivity index (χ2v) is 6.71. The molecule has 0 bridgehead atoms. The van der Waals surface area contributed by atoms with Crippen LogP contribution < -0.4 is 0 Å². The number of benzene rings is 2. The summed E-state index contributed by atoms with van der Waals surface area (Å²) in [7, 11) is 0. The lowest BCUT2D eigenvalue weighted by molar-refractivity contribution is -0.139. The number of hydrogen-bond acceptors (Lipinski definition) is 4. The minimum Gasteiger partial charge on any atom is -0.462 e. The number of hydrogen-bond donors (Lipinski definition) is 0. The third-order valence-corrected chi connectivity index (χ3v) is 4.27. The highest BCUT2D eigenvalue weighted by Crippen LogP contribution is 2.34. The van der Waals surface area contributed by atoms with E-state index in [0.717, 1.165) is 0 Å². The molecule has 0 amide bonds. The van der Waals surface area contributed by atoms with Gasteiger partial charge in [0.25, 0.3) is 0 Å². The van der Waals surface area contributed by atoms with Gasteiger partial charge in [0, 0.05) is 0 Å². The molecule has 0 atom stereocenters. The number of esters is 2. The maximum absolute atomic E-state index is 13.1. The van der Waals surface area contributed by atoms with Gasteiger partial charge >= 0.3 is 24.3 Å². The van der Waals surface area contributed by atoms with E-state index in [9.17, 15) is 44.7 Å². The fourth-order valence-electron chi connectivity index (χ4n) is 2.72. The molecule has 0 saturated heterocycles. The first kappa shape index (κ1) is 26.1. The lowest BCUT2D eigenvalue weighted by Gasteiger charge is -2.13. The van der Waals surface area contributed by atoms with Crippen LogP contribution in [0.5, 0.6) is 0 Å². The SMILES string of the molecule is O=C(OCCCCCOC(=O)c1ccc(F)cc1C(F)(F)F)c1ccc(F)cc1C(F)(F)F. The van der Waals surface area contributed by atoms with Crippen LogP contribution in [-0.2, 0) is 21.8 Å². The Hall–Kier alpha value is -3.18. The summed E-state index contributed by atoms with van der Waals surface area (Å²) >= 11 is 0. The minimum absolute atomic E-state index is 0.149. The third kappa shape index (κ3) is 7.43. The van der Waals surface area contributed by atoms with Crippen molar-refractivity contribution in [2.24, 2.45) is 0 Å². The molecule has 0 unspecified atom stereocenters. The Morgan fingerprint density at radius 2 is 1.00 bits per heavy atom. The van der Waals surface area contributed by atoms with Crippen LogP contribution in [0.2, 0.25) is 0 Å². The molecule has 0 saturated carbocycles. The van der Waals surface area contributed by atoms with E-state index in [2.05, 4.69) is 0 Å². The molecule has 0 heterocycles. The molecular formula is C21H16F8O4. The van der Waals surface area contributed by atoms with Gasteiger partial charge in [-0.05, 0) is 55.7 Å². The number of alkyl halides is 6. The van der Waals surface area contributed by atoms with Crippen LogP contribution in [0.4, 0.5) is 35.1 Å². The van der Waals surface area contributed by atoms with Gasteiger partial charge in [-0.1, -0.05) is 0 Å². The number of rotatable bonds is 8. The number of carbonyl (C=O) groups is 2. The summed E-state index contributed by atoms with van der Waals surface area (Å²) in [6.07, 6.45) is -9.37. The van der Waals surface area contributed by atoms with E-state index in [0.29, 0.717) is 24.3 Å². The molecule has 2 aromatic rings. The molecule has 0 aliphatic rings. The number of unbranched alkanes of at least 4 members (excludes halogenated alkanes) is 2.